The van der Waals surface area contributed by atoms with Crippen LogP contribution in [0.1, 0.15) is 35.2 Å². The molecule has 0 aromatic heterocycles. The molecular formula is C15H21ClN2O3S. The summed E-state index contributed by atoms with van der Waals surface area (Å²) < 4.78 is 22.8. The lowest BCUT2D eigenvalue weighted by Crippen LogP contribution is -2.40. The molecule has 0 radical (unpaired) electrons. The second-order valence-electron chi connectivity index (χ2n) is 5.80. The van der Waals surface area contributed by atoms with Gasteiger partial charge in [0.15, 0.2) is 0 Å². The molecule has 22 heavy (non-hydrogen) atoms. The van der Waals surface area contributed by atoms with Crippen LogP contribution in [0.5, 0.6) is 0 Å². The van der Waals surface area contributed by atoms with Crippen LogP contribution >= 0.6 is 12.4 Å². The van der Waals surface area contributed by atoms with Crippen LogP contribution in [0.2, 0.25) is 0 Å². The smallest absolute Gasteiger partial charge is 0.251 e. The van der Waals surface area contributed by atoms with Gasteiger partial charge in [0.05, 0.1) is 11.5 Å². The largest absolute Gasteiger partial charge is 0.385 e. The zero-order chi connectivity index (χ0) is 14.9. The Morgan fingerprint density at radius 3 is 2.68 bits per heavy atom. The molecule has 1 fully saturated rings. The van der Waals surface area contributed by atoms with Crippen LogP contribution in [0.25, 0.3) is 0 Å². The second kappa shape index (κ2) is 6.87. The van der Waals surface area contributed by atoms with Crippen LogP contribution in [-0.4, -0.2) is 38.4 Å². The number of sulfone groups is 1. The lowest BCUT2D eigenvalue weighted by atomic mass is 10.0. The van der Waals surface area contributed by atoms with Gasteiger partial charge in [0, 0.05) is 23.8 Å². The summed E-state index contributed by atoms with van der Waals surface area (Å²) in [6, 6.07) is 5.69. The number of carbonyl (C=O) groups is 1. The van der Waals surface area contributed by atoms with Gasteiger partial charge in [0.1, 0.15) is 9.84 Å². The van der Waals surface area contributed by atoms with Crippen LogP contribution in [0, 0.1) is 0 Å². The van der Waals surface area contributed by atoms with Crippen molar-refractivity contribution in [3.05, 3.63) is 29.3 Å². The van der Waals surface area contributed by atoms with Crippen LogP contribution in [0.3, 0.4) is 0 Å². The Bertz CT molecular complexity index is 647. The van der Waals surface area contributed by atoms with Crippen LogP contribution < -0.4 is 10.6 Å². The SMILES string of the molecule is Cl.O=C(NC1CCS(=O)(=O)CC1)c1ccc2c(c1)CCCN2. The highest BCUT2D eigenvalue weighted by Gasteiger charge is 2.25. The molecule has 7 heteroatoms. The number of carbonyl (C=O) groups excluding carboxylic acids is 1. The third-order valence-electron chi connectivity index (χ3n) is 4.20. The molecule has 2 heterocycles. The molecular weight excluding hydrogens is 324 g/mol. The quantitative estimate of drug-likeness (QED) is 0.857. The number of halogens is 1. The maximum absolute atomic E-state index is 12.3. The highest BCUT2D eigenvalue weighted by molar-refractivity contribution is 7.91. The van der Waals surface area contributed by atoms with E-state index < -0.39 is 9.84 Å². The van der Waals surface area contributed by atoms with E-state index >= 15 is 0 Å². The lowest BCUT2D eigenvalue weighted by molar-refractivity contribution is 0.0934. The molecule has 2 aliphatic rings. The summed E-state index contributed by atoms with van der Waals surface area (Å²) in [5.74, 6) is 0.241. The fourth-order valence-corrected chi connectivity index (χ4v) is 4.41. The van der Waals surface area contributed by atoms with E-state index in [-0.39, 0.29) is 35.9 Å². The van der Waals surface area contributed by atoms with Gasteiger partial charge in [-0.15, -0.1) is 12.4 Å². The van der Waals surface area contributed by atoms with Crippen molar-refractivity contribution in [2.24, 2.45) is 0 Å². The van der Waals surface area contributed by atoms with Gasteiger partial charge in [-0.05, 0) is 49.4 Å². The van der Waals surface area contributed by atoms with Gasteiger partial charge in [-0.2, -0.15) is 0 Å². The number of aryl methyl sites for hydroxylation is 1. The minimum Gasteiger partial charge on any atom is -0.385 e. The minimum absolute atomic E-state index is 0. The van der Waals surface area contributed by atoms with Crippen molar-refractivity contribution >= 4 is 33.8 Å². The van der Waals surface area contributed by atoms with E-state index in [0.717, 1.165) is 25.1 Å². The molecule has 1 aromatic rings. The summed E-state index contributed by atoms with van der Waals surface area (Å²) in [6.45, 7) is 0.981. The summed E-state index contributed by atoms with van der Waals surface area (Å²) in [5, 5.41) is 6.28. The van der Waals surface area contributed by atoms with Crippen molar-refractivity contribution in [2.75, 3.05) is 23.4 Å². The summed E-state index contributed by atoms with van der Waals surface area (Å²) >= 11 is 0. The molecule has 122 valence electrons. The van der Waals surface area contributed by atoms with E-state index in [4.69, 9.17) is 0 Å². The fraction of sp³-hybridized carbons (Fsp3) is 0.533. The van der Waals surface area contributed by atoms with Gasteiger partial charge in [0.2, 0.25) is 0 Å². The first-order valence-corrected chi connectivity index (χ1v) is 9.24. The van der Waals surface area contributed by atoms with Crippen molar-refractivity contribution in [1.82, 2.24) is 5.32 Å². The van der Waals surface area contributed by atoms with E-state index in [1.165, 1.54) is 5.56 Å². The van der Waals surface area contributed by atoms with Gasteiger partial charge in [-0.3, -0.25) is 4.79 Å². The molecule has 0 aliphatic carbocycles. The number of hydrogen-bond donors (Lipinski definition) is 2. The Morgan fingerprint density at radius 1 is 1.23 bits per heavy atom. The number of fused-ring (bicyclic) bond motifs is 1. The highest BCUT2D eigenvalue weighted by Crippen LogP contribution is 2.23. The maximum atomic E-state index is 12.3. The first kappa shape index (κ1) is 17.1. The molecule has 2 aliphatic heterocycles. The van der Waals surface area contributed by atoms with E-state index in [2.05, 4.69) is 10.6 Å². The zero-order valence-corrected chi connectivity index (χ0v) is 13.9. The van der Waals surface area contributed by atoms with E-state index in [9.17, 15) is 13.2 Å². The Kier molecular flexibility index (Phi) is 5.34. The van der Waals surface area contributed by atoms with E-state index in [1.807, 2.05) is 18.2 Å². The molecule has 1 aromatic carbocycles. The summed E-state index contributed by atoms with van der Waals surface area (Å²) in [7, 11) is -2.89. The molecule has 1 amide bonds. The number of anilines is 1. The molecule has 1 saturated heterocycles. The average molecular weight is 345 g/mol. The molecule has 0 saturated carbocycles. The zero-order valence-electron chi connectivity index (χ0n) is 12.3. The lowest BCUT2D eigenvalue weighted by Gasteiger charge is -2.23. The third kappa shape index (κ3) is 3.93. The van der Waals surface area contributed by atoms with E-state index in [0.29, 0.717) is 18.4 Å². The van der Waals surface area contributed by atoms with Gasteiger partial charge in [-0.1, -0.05) is 0 Å². The minimum atomic E-state index is -2.89. The van der Waals surface area contributed by atoms with Crippen molar-refractivity contribution in [1.29, 1.82) is 0 Å². The first-order chi connectivity index (χ1) is 10.0. The van der Waals surface area contributed by atoms with Crippen LogP contribution in [0.15, 0.2) is 18.2 Å². The molecule has 3 rings (SSSR count). The van der Waals surface area contributed by atoms with Crippen molar-refractivity contribution in [2.45, 2.75) is 31.7 Å². The normalized spacial score (nSPS) is 20.2. The summed E-state index contributed by atoms with van der Waals surface area (Å²) in [4.78, 5) is 12.3. The van der Waals surface area contributed by atoms with Crippen molar-refractivity contribution in [3.63, 3.8) is 0 Å². The Balaban J connectivity index is 0.00000176. The highest BCUT2D eigenvalue weighted by atomic mass is 35.5. The second-order valence-corrected chi connectivity index (χ2v) is 8.11. The number of amides is 1. The number of nitrogens with one attached hydrogen (secondary N) is 2. The fourth-order valence-electron chi connectivity index (χ4n) is 2.92. The summed E-state index contributed by atoms with van der Waals surface area (Å²) in [5.41, 5.74) is 2.95. The molecule has 0 bridgehead atoms. The standard InChI is InChI=1S/C15H20N2O3S.ClH/c18-15(17-13-5-8-21(19,20)9-6-13)12-3-4-14-11(10-12)2-1-7-16-14;/h3-4,10,13,16H,1-2,5-9H2,(H,17,18);1H. The van der Waals surface area contributed by atoms with Crippen LogP contribution in [0.4, 0.5) is 5.69 Å². The van der Waals surface area contributed by atoms with Crippen molar-refractivity contribution in [3.8, 4) is 0 Å². The van der Waals surface area contributed by atoms with E-state index in [1.54, 1.807) is 0 Å². The number of benzene rings is 1. The number of hydrogen-bond acceptors (Lipinski definition) is 4. The van der Waals surface area contributed by atoms with Gasteiger partial charge < -0.3 is 10.6 Å². The Labute approximate surface area is 137 Å². The van der Waals surface area contributed by atoms with Crippen molar-refractivity contribution < 1.29 is 13.2 Å². The van der Waals surface area contributed by atoms with Gasteiger partial charge in [-0.25, -0.2) is 8.42 Å². The van der Waals surface area contributed by atoms with Gasteiger partial charge >= 0.3 is 0 Å². The molecule has 5 nitrogen and oxygen atoms in total. The topological polar surface area (TPSA) is 75.3 Å². The number of rotatable bonds is 2. The molecule has 0 unspecified atom stereocenters. The molecule has 0 spiro atoms. The summed E-state index contributed by atoms with van der Waals surface area (Å²) in [6.07, 6.45) is 3.10. The molecule has 0 atom stereocenters. The van der Waals surface area contributed by atoms with Gasteiger partial charge in [0.25, 0.3) is 5.91 Å². The predicted octanol–water partition coefficient (Wildman–Crippen LogP) is 1.77. The Hall–Kier alpha value is -1.27. The molecule has 2 N–H and O–H groups in total. The van der Waals surface area contributed by atoms with Crippen LogP contribution in [-0.2, 0) is 16.3 Å². The first-order valence-electron chi connectivity index (χ1n) is 7.42. The average Bonchev–Trinajstić information content (AvgIpc) is 2.49. The monoisotopic (exact) mass is 344 g/mol. The Morgan fingerprint density at radius 2 is 1.95 bits per heavy atom. The maximum Gasteiger partial charge on any atom is 0.251 e. The predicted molar refractivity (Wildman–Crippen MR) is 89.6 cm³/mol. The third-order valence-corrected chi connectivity index (χ3v) is 5.91.